The van der Waals surface area contributed by atoms with Crippen molar-refractivity contribution in [1.29, 1.82) is 0 Å². The van der Waals surface area contributed by atoms with Gasteiger partial charge in [0.2, 0.25) is 0 Å². The molecule has 1 atom stereocenters. The first-order valence-corrected chi connectivity index (χ1v) is 10.8. The molecule has 0 radical (unpaired) electrons. The fourth-order valence-corrected chi connectivity index (χ4v) is 4.01. The number of hydrogen-bond acceptors (Lipinski definition) is 6. The number of sulfone groups is 1. The highest BCUT2D eigenvalue weighted by Crippen LogP contribution is 2.34. The first-order chi connectivity index (χ1) is 14.0. The van der Waals surface area contributed by atoms with Gasteiger partial charge < -0.3 is 10.1 Å². The van der Waals surface area contributed by atoms with E-state index in [0.29, 0.717) is 16.7 Å². The maximum atomic E-state index is 14.5. The molecule has 1 aromatic heterocycles. The summed E-state index contributed by atoms with van der Waals surface area (Å²) in [5.41, 5.74) is -0.230. The second-order valence-electron chi connectivity index (χ2n) is 6.83. The van der Waals surface area contributed by atoms with Gasteiger partial charge in [-0.2, -0.15) is 0 Å². The van der Waals surface area contributed by atoms with Crippen molar-refractivity contribution in [2.45, 2.75) is 31.2 Å². The van der Waals surface area contributed by atoms with Crippen LogP contribution in [0, 0.1) is 12.7 Å². The van der Waals surface area contributed by atoms with E-state index >= 15 is 0 Å². The zero-order valence-electron chi connectivity index (χ0n) is 16.7. The van der Waals surface area contributed by atoms with E-state index < -0.39 is 33.7 Å². The van der Waals surface area contributed by atoms with Crippen molar-refractivity contribution in [1.82, 2.24) is 9.97 Å². The summed E-state index contributed by atoms with van der Waals surface area (Å²) in [7, 11) is -2.27. The number of alkyl halides is 2. The Morgan fingerprint density at radius 3 is 2.40 bits per heavy atom. The van der Waals surface area contributed by atoms with Gasteiger partial charge >= 0.3 is 0 Å². The number of aromatic nitrogens is 2. The van der Waals surface area contributed by atoms with Gasteiger partial charge in [0.15, 0.2) is 9.84 Å². The van der Waals surface area contributed by atoms with Gasteiger partial charge in [-0.25, -0.2) is 31.6 Å². The van der Waals surface area contributed by atoms with Gasteiger partial charge in [-0.3, -0.25) is 0 Å². The molecule has 3 rings (SSSR count). The molecular weight excluding hydrogens is 419 g/mol. The van der Waals surface area contributed by atoms with Crippen molar-refractivity contribution in [2.24, 2.45) is 0 Å². The van der Waals surface area contributed by atoms with Gasteiger partial charge in [0.25, 0.3) is 6.43 Å². The van der Waals surface area contributed by atoms with Gasteiger partial charge in [0, 0.05) is 23.3 Å². The largest absolute Gasteiger partial charge is 0.495 e. The predicted molar refractivity (Wildman–Crippen MR) is 107 cm³/mol. The van der Waals surface area contributed by atoms with E-state index in [4.69, 9.17) is 4.74 Å². The number of nitrogens with one attached hydrogen (secondary N) is 1. The van der Waals surface area contributed by atoms with Gasteiger partial charge in [-0.05, 0) is 19.9 Å². The zero-order chi connectivity index (χ0) is 22.2. The standard InChI is InChI=1S/C20H20F3N3O3S/c1-10(12-6-5-7-13(18(12)21)19(22)23)24-20-14-8-17(30(4,27)28)16(29-3)9-15(14)25-11(2)26-20/h5-10,19H,1-4H3,(H,24,25,26). The third-order valence-electron chi connectivity index (χ3n) is 4.61. The van der Waals surface area contributed by atoms with Crippen LogP contribution in [0.2, 0.25) is 0 Å². The maximum absolute atomic E-state index is 14.5. The molecule has 0 aliphatic carbocycles. The molecule has 0 saturated carbocycles. The van der Waals surface area contributed by atoms with Gasteiger partial charge in [0.05, 0.1) is 24.2 Å². The molecule has 0 spiro atoms. The number of rotatable bonds is 6. The second-order valence-corrected chi connectivity index (χ2v) is 8.81. The molecule has 0 bridgehead atoms. The number of ether oxygens (including phenoxy) is 1. The third kappa shape index (κ3) is 4.18. The smallest absolute Gasteiger partial charge is 0.266 e. The molecule has 1 heterocycles. The average Bonchev–Trinajstić information content (AvgIpc) is 2.65. The minimum atomic E-state index is -3.62. The van der Waals surface area contributed by atoms with Crippen molar-refractivity contribution in [3.05, 3.63) is 53.1 Å². The second kappa shape index (κ2) is 8.10. The summed E-state index contributed by atoms with van der Waals surface area (Å²) in [6.45, 7) is 3.24. The molecule has 0 amide bonds. The van der Waals surface area contributed by atoms with Crippen molar-refractivity contribution >= 4 is 26.6 Å². The Morgan fingerprint density at radius 1 is 1.13 bits per heavy atom. The van der Waals surface area contributed by atoms with Crippen LogP contribution in [-0.4, -0.2) is 31.8 Å². The average molecular weight is 439 g/mol. The van der Waals surface area contributed by atoms with E-state index in [2.05, 4.69) is 15.3 Å². The quantitative estimate of drug-likeness (QED) is 0.605. The van der Waals surface area contributed by atoms with Crippen LogP contribution in [-0.2, 0) is 9.84 Å². The highest BCUT2D eigenvalue weighted by Gasteiger charge is 2.22. The van der Waals surface area contributed by atoms with Crippen molar-refractivity contribution in [2.75, 3.05) is 18.7 Å². The van der Waals surface area contributed by atoms with Crippen molar-refractivity contribution in [3.8, 4) is 5.75 Å². The summed E-state index contributed by atoms with van der Waals surface area (Å²) >= 11 is 0. The number of hydrogen-bond donors (Lipinski definition) is 1. The summed E-state index contributed by atoms with van der Waals surface area (Å²) in [4.78, 5) is 8.56. The molecular formula is C20H20F3N3O3S. The van der Waals surface area contributed by atoms with Gasteiger partial charge in [-0.15, -0.1) is 0 Å². The van der Waals surface area contributed by atoms with Gasteiger partial charge in [0.1, 0.15) is 28.1 Å². The fraction of sp³-hybridized carbons (Fsp3) is 0.300. The van der Waals surface area contributed by atoms with E-state index in [1.807, 2.05) is 0 Å². The Hall–Kier alpha value is -2.88. The van der Waals surface area contributed by atoms with Crippen LogP contribution >= 0.6 is 0 Å². The normalized spacial score (nSPS) is 12.9. The minimum absolute atomic E-state index is 0.0362. The Bertz CT molecular complexity index is 1220. The van der Waals surface area contributed by atoms with E-state index in [1.165, 1.54) is 31.4 Å². The van der Waals surface area contributed by atoms with Crippen LogP contribution in [0.1, 0.15) is 36.3 Å². The minimum Gasteiger partial charge on any atom is -0.495 e. The summed E-state index contributed by atoms with van der Waals surface area (Å²) in [5, 5.41) is 3.37. The number of benzene rings is 2. The van der Waals surface area contributed by atoms with Crippen LogP contribution in [0.4, 0.5) is 19.0 Å². The van der Waals surface area contributed by atoms with Crippen LogP contribution in [0.25, 0.3) is 10.9 Å². The van der Waals surface area contributed by atoms with E-state index in [0.717, 1.165) is 12.3 Å². The predicted octanol–water partition coefficient (Wildman–Crippen LogP) is 4.60. The summed E-state index contributed by atoms with van der Waals surface area (Å²) in [5.74, 6) is -0.230. The number of halogens is 3. The first kappa shape index (κ1) is 21.8. The van der Waals surface area contributed by atoms with E-state index in [1.54, 1.807) is 13.8 Å². The topological polar surface area (TPSA) is 81.2 Å². The highest BCUT2D eigenvalue weighted by molar-refractivity contribution is 7.90. The first-order valence-electron chi connectivity index (χ1n) is 8.92. The Balaban J connectivity index is 2.13. The van der Waals surface area contributed by atoms with Crippen LogP contribution in [0.15, 0.2) is 35.2 Å². The summed E-state index contributed by atoms with van der Waals surface area (Å²) in [6, 6.07) is 5.92. The van der Waals surface area contributed by atoms with E-state index in [9.17, 15) is 21.6 Å². The molecule has 1 unspecified atom stereocenters. The molecule has 3 aromatic rings. The number of methoxy groups -OCH3 is 1. The lowest BCUT2D eigenvalue weighted by Gasteiger charge is -2.19. The Morgan fingerprint density at radius 2 is 1.80 bits per heavy atom. The maximum Gasteiger partial charge on any atom is 0.266 e. The Kier molecular flexibility index (Phi) is 5.89. The SMILES string of the molecule is COc1cc2nc(C)nc(NC(C)c3cccc(C(F)F)c3F)c2cc1S(C)(=O)=O. The molecule has 1 N–H and O–H groups in total. The molecule has 30 heavy (non-hydrogen) atoms. The molecule has 0 saturated heterocycles. The summed E-state index contributed by atoms with van der Waals surface area (Å²) in [6.07, 6.45) is -1.89. The van der Waals surface area contributed by atoms with Crippen molar-refractivity contribution in [3.63, 3.8) is 0 Å². The molecule has 0 aliphatic heterocycles. The van der Waals surface area contributed by atoms with Crippen LogP contribution in [0.5, 0.6) is 5.75 Å². The fourth-order valence-electron chi connectivity index (χ4n) is 3.17. The lowest BCUT2D eigenvalue weighted by Crippen LogP contribution is -2.12. The molecule has 2 aromatic carbocycles. The van der Waals surface area contributed by atoms with Crippen LogP contribution < -0.4 is 10.1 Å². The molecule has 6 nitrogen and oxygen atoms in total. The summed E-state index contributed by atoms with van der Waals surface area (Å²) < 4.78 is 70.1. The van der Waals surface area contributed by atoms with Crippen LogP contribution in [0.3, 0.4) is 0 Å². The third-order valence-corrected chi connectivity index (χ3v) is 5.72. The lowest BCUT2D eigenvalue weighted by atomic mass is 10.0. The molecule has 160 valence electrons. The van der Waals surface area contributed by atoms with Gasteiger partial charge in [-0.1, -0.05) is 18.2 Å². The number of aryl methyl sites for hydroxylation is 1. The highest BCUT2D eigenvalue weighted by atomic mass is 32.2. The number of anilines is 1. The zero-order valence-corrected chi connectivity index (χ0v) is 17.5. The lowest BCUT2D eigenvalue weighted by molar-refractivity contribution is 0.146. The number of fused-ring (bicyclic) bond motifs is 1. The Labute approximate surface area is 172 Å². The van der Waals surface area contributed by atoms with Crippen molar-refractivity contribution < 1.29 is 26.3 Å². The monoisotopic (exact) mass is 439 g/mol. The number of nitrogens with zero attached hydrogens (tertiary/aromatic N) is 2. The molecule has 10 heteroatoms. The molecule has 0 fully saturated rings. The molecule has 0 aliphatic rings. The van der Waals surface area contributed by atoms with E-state index in [-0.39, 0.29) is 22.0 Å².